The molecule has 0 spiro atoms. The summed E-state index contributed by atoms with van der Waals surface area (Å²) in [6.07, 6.45) is 1.16. The summed E-state index contributed by atoms with van der Waals surface area (Å²) >= 11 is 0. The highest BCUT2D eigenvalue weighted by molar-refractivity contribution is 5.89. The molecule has 0 bridgehead atoms. The van der Waals surface area contributed by atoms with Gasteiger partial charge in [0.05, 0.1) is 0 Å². The van der Waals surface area contributed by atoms with Crippen molar-refractivity contribution in [2.45, 2.75) is 33.2 Å². The molecule has 2 amide bonds. The maximum Gasteiger partial charge on any atom is 0.321 e. The Morgan fingerprint density at radius 2 is 1.80 bits per heavy atom. The van der Waals surface area contributed by atoms with Crippen molar-refractivity contribution < 1.29 is 4.79 Å². The van der Waals surface area contributed by atoms with Gasteiger partial charge in [-0.25, -0.2) is 4.79 Å². The maximum atomic E-state index is 12.2. The lowest BCUT2D eigenvalue weighted by Crippen LogP contribution is -2.52. The van der Waals surface area contributed by atoms with Crippen LogP contribution >= 0.6 is 0 Å². The number of amides is 2. The van der Waals surface area contributed by atoms with Crippen LogP contribution < -0.4 is 5.32 Å². The van der Waals surface area contributed by atoms with Gasteiger partial charge in [-0.3, -0.25) is 4.90 Å². The second-order valence-corrected chi connectivity index (χ2v) is 5.58. The molecule has 1 aromatic carbocycles. The summed E-state index contributed by atoms with van der Waals surface area (Å²) in [4.78, 5) is 16.6. The van der Waals surface area contributed by atoms with Gasteiger partial charge in [-0.2, -0.15) is 0 Å². The molecular formula is C16H25N3O. The van der Waals surface area contributed by atoms with Gasteiger partial charge in [0.25, 0.3) is 0 Å². The first-order chi connectivity index (χ1) is 9.60. The SMILES string of the molecule is CCC(C)N1CCN(C(=O)Nc2ccc(C)cc2)CC1. The molecule has 0 aliphatic carbocycles. The molecule has 0 aromatic heterocycles. The largest absolute Gasteiger partial charge is 0.322 e. The highest BCUT2D eigenvalue weighted by Crippen LogP contribution is 2.12. The Morgan fingerprint density at radius 1 is 1.20 bits per heavy atom. The standard InChI is InChI=1S/C16H25N3O/c1-4-14(3)18-9-11-19(12-10-18)16(20)17-15-7-5-13(2)6-8-15/h5-8,14H,4,9-12H2,1-3H3,(H,17,20). The smallest absolute Gasteiger partial charge is 0.321 e. The molecule has 0 radical (unpaired) electrons. The van der Waals surface area contributed by atoms with E-state index in [2.05, 4.69) is 24.1 Å². The van der Waals surface area contributed by atoms with E-state index in [0.29, 0.717) is 6.04 Å². The molecule has 1 atom stereocenters. The van der Waals surface area contributed by atoms with Gasteiger partial charge >= 0.3 is 6.03 Å². The van der Waals surface area contributed by atoms with Crippen molar-refractivity contribution in [3.63, 3.8) is 0 Å². The number of anilines is 1. The number of carbonyl (C=O) groups excluding carboxylic acids is 1. The molecule has 1 N–H and O–H groups in total. The van der Waals surface area contributed by atoms with E-state index in [4.69, 9.17) is 0 Å². The monoisotopic (exact) mass is 275 g/mol. The van der Waals surface area contributed by atoms with Gasteiger partial charge in [0.15, 0.2) is 0 Å². The predicted octanol–water partition coefficient (Wildman–Crippen LogP) is 2.94. The zero-order chi connectivity index (χ0) is 14.5. The summed E-state index contributed by atoms with van der Waals surface area (Å²) in [5.41, 5.74) is 2.06. The minimum Gasteiger partial charge on any atom is -0.322 e. The van der Waals surface area contributed by atoms with Crippen LogP contribution in [-0.4, -0.2) is 48.1 Å². The molecule has 1 aliphatic heterocycles. The molecule has 1 fully saturated rings. The molecule has 2 rings (SSSR count). The van der Waals surface area contributed by atoms with Gasteiger partial charge in [0, 0.05) is 37.9 Å². The van der Waals surface area contributed by atoms with E-state index in [-0.39, 0.29) is 6.03 Å². The van der Waals surface area contributed by atoms with Gasteiger partial charge in [0.1, 0.15) is 0 Å². The van der Waals surface area contributed by atoms with Crippen molar-refractivity contribution in [3.05, 3.63) is 29.8 Å². The fraction of sp³-hybridized carbons (Fsp3) is 0.562. The van der Waals surface area contributed by atoms with E-state index < -0.39 is 0 Å². The first-order valence-corrected chi connectivity index (χ1v) is 7.46. The number of nitrogens with one attached hydrogen (secondary N) is 1. The summed E-state index contributed by atoms with van der Waals surface area (Å²) in [7, 11) is 0. The van der Waals surface area contributed by atoms with Gasteiger partial charge < -0.3 is 10.2 Å². The van der Waals surface area contributed by atoms with Crippen LogP contribution in [0.3, 0.4) is 0 Å². The Bertz CT molecular complexity index is 436. The van der Waals surface area contributed by atoms with Crippen LogP contribution in [0.2, 0.25) is 0 Å². The minimum atomic E-state index is 0.0117. The number of hydrogen-bond acceptors (Lipinski definition) is 2. The predicted molar refractivity (Wildman–Crippen MR) is 83.1 cm³/mol. The van der Waals surface area contributed by atoms with Crippen LogP contribution in [0.25, 0.3) is 0 Å². The lowest BCUT2D eigenvalue weighted by atomic mass is 10.2. The highest BCUT2D eigenvalue weighted by atomic mass is 16.2. The minimum absolute atomic E-state index is 0.0117. The molecule has 4 nitrogen and oxygen atoms in total. The van der Waals surface area contributed by atoms with E-state index >= 15 is 0 Å². The van der Waals surface area contributed by atoms with E-state index in [1.165, 1.54) is 5.56 Å². The summed E-state index contributed by atoms with van der Waals surface area (Å²) in [6, 6.07) is 8.54. The Hall–Kier alpha value is -1.55. The summed E-state index contributed by atoms with van der Waals surface area (Å²) in [5.74, 6) is 0. The molecule has 1 heterocycles. The van der Waals surface area contributed by atoms with Crippen molar-refractivity contribution in [2.24, 2.45) is 0 Å². The third-order valence-corrected chi connectivity index (χ3v) is 4.12. The second-order valence-electron chi connectivity index (χ2n) is 5.58. The maximum absolute atomic E-state index is 12.2. The number of nitrogens with zero attached hydrogens (tertiary/aromatic N) is 2. The average molecular weight is 275 g/mol. The quantitative estimate of drug-likeness (QED) is 0.920. The molecular weight excluding hydrogens is 250 g/mol. The lowest BCUT2D eigenvalue weighted by Gasteiger charge is -2.37. The van der Waals surface area contributed by atoms with Crippen molar-refractivity contribution in [3.8, 4) is 0 Å². The Labute approximate surface area is 121 Å². The van der Waals surface area contributed by atoms with Crippen molar-refractivity contribution in [1.82, 2.24) is 9.80 Å². The van der Waals surface area contributed by atoms with E-state index in [1.54, 1.807) is 0 Å². The zero-order valence-electron chi connectivity index (χ0n) is 12.7. The van der Waals surface area contributed by atoms with Crippen LogP contribution in [-0.2, 0) is 0 Å². The van der Waals surface area contributed by atoms with Crippen molar-refractivity contribution in [1.29, 1.82) is 0 Å². The fourth-order valence-corrected chi connectivity index (χ4v) is 2.46. The Kier molecular flexibility index (Phi) is 5.01. The van der Waals surface area contributed by atoms with E-state index in [9.17, 15) is 4.79 Å². The van der Waals surface area contributed by atoms with Crippen molar-refractivity contribution in [2.75, 3.05) is 31.5 Å². The number of aryl methyl sites for hydroxylation is 1. The van der Waals surface area contributed by atoms with Gasteiger partial charge in [-0.05, 0) is 32.4 Å². The number of benzene rings is 1. The molecule has 1 unspecified atom stereocenters. The van der Waals surface area contributed by atoms with Crippen LogP contribution in [0.4, 0.5) is 10.5 Å². The molecule has 1 aliphatic rings. The number of carbonyl (C=O) groups is 1. The topological polar surface area (TPSA) is 35.6 Å². The van der Waals surface area contributed by atoms with Crippen LogP contribution in [0, 0.1) is 6.92 Å². The van der Waals surface area contributed by atoms with Crippen LogP contribution in [0.15, 0.2) is 24.3 Å². The summed E-state index contributed by atoms with van der Waals surface area (Å²) in [5, 5.41) is 2.97. The number of hydrogen-bond donors (Lipinski definition) is 1. The van der Waals surface area contributed by atoms with Gasteiger partial charge in [0.2, 0.25) is 0 Å². The van der Waals surface area contributed by atoms with Crippen LogP contribution in [0.5, 0.6) is 0 Å². The highest BCUT2D eigenvalue weighted by Gasteiger charge is 2.23. The average Bonchev–Trinajstić information content (AvgIpc) is 2.49. The first kappa shape index (κ1) is 14.9. The number of piperazine rings is 1. The number of rotatable bonds is 3. The third-order valence-electron chi connectivity index (χ3n) is 4.12. The molecule has 110 valence electrons. The second kappa shape index (κ2) is 6.75. The Balaban J connectivity index is 1.84. The summed E-state index contributed by atoms with van der Waals surface area (Å²) in [6.45, 7) is 10.1. The molecule has 0 saturated carbocycles. The van der Waals surface area contributed by atoms with Crippen molar-refractivity contribution >= 4 is 11.7 Å². The first-order valence-electron chi connectivity index (χ1n) is 7.46. The van der Waals surface area contributed by atoms with E-state index in [1.807, 2.05) is 36.1 Å². The van der Waals surface area contributed by atoms with Crippen LogP contribution in [0.1, 0.15) is 25.8 Å². The third kappa shape index (κ3) is 3.73. The fourth-order valence-electron chi connectivity index (χ4n) is 2.46. The molecule has 1 saturated heterocycles. The zero-order valence-corrected chi connectivity index (χ0v) is 12.7. The molecule has 4 heteroatoms. The molecule has 20 heavy (non-hydrogen) atoms. The Morgan fingerprint density at radius 3 is 2.35 bits per heavy atom. The van der Waals surface area contributed by atoms with Gasteiger partial charge in [-0.15, -0.1) is 0 Å². The summed E-state index contributed by atoms with van der Waals surface area (Å²) < 4.78 is 0. The number of urea groups is 1. The normalized spacial score (nSPS) is 17.9. The lowest BCUT2D eigenvalue weighted by molar-refractivity contribution is 0.117. The van der Waals surface area contributed by atoms with Gasteiger partial charge in [-0.1, -0.05) is 24.6 Å². The van der Waals surface area contributed by atoms with E-state index in [0.717, 1.165) is 38.3 Å². The molecule has 1 aromatic rings.